The number of carbonyl (C=O) groups is 6. The van der Waals surface area contributed by atoms with Crippen molar-refractivity contribution in [3.63, 3.8) is 0 Å². The lowest BCUT2D eigenvalue weighted by Crippen LogP contribution is -2.62. The first kappa shape index (κ1) is 46.7. The largest absolute Gasteiger partial charge is 0.465 e. The van der Waals surface area contributed by atoms with Crippen LogP contribution in [0.4, 0.5) is 4.79 Å². The highest BCUT2D eigenvalue weighted by Crippen LogP contribution is 2.28. The summed E-state index contributed by atoms with van der Waals surface area (Å²) < 4.78 is 12.0. The van der Waals surface area contributed by atoms with E-state index in [4.69, 9.17) is 15.2 Å². The maximum Gasteiger partial charge on any atom is 0.404 e. The summed E-state index contributed by atoms with van der Waals surface area (Å²) in [6.07, 6.45) is 7.42. The molecule has 1 aliphatic heterocycles. The second-order valence-corrected chi connectivity index (χ2v) is 15.4. The molecule has 0 unspecified atom stereocenters. The molecule has 16 nitrogen and oxygen atoms in total. The normalized spacial score (nSPS) is 27.6. The Bertz CT molecular complexity index is 1200. The summed E-state index contributed by atoms with van der Waals surface area (Å²) in [5, 5.41) is 22.7. The van der Waals surface area contributed by atoms with Crippen LogP contribution in [0.25, 0.3) is 0 Å². The molecule has 0 aromatic rings. The average molecular weight is 768 g/mol. The number of nitrogens with one attached hydrogen (secondary N) is 5. The SMILES string of the molecule is CCCCCC[C@H]1OC[C@@H](C)NC(=O)[C@H](COCCCN)NC(=O)[C@H](CNC(=O)O)NC(=O)[C@H](C2CCCCC2)NC(=O)[C@H](CC(C)C)N(C)C(=O)[C@@H]1C. The highest BCUT2D eigenvalue weighted by molar-refractivity contribution is 5.96. The minimum absolute atomic E-state index is 0.0304. The first-order valence-electron chi connectivity index (χ1n) is 20.0. The van der Waals surface area contributed by atoms with Crippen molar-refractivity contribution in [2.75, 3.05) is 40.0 Å². The van der Waals surface area contributed by atoms with Crippen LogP contribution in [0.3, 0.4) is 0 Å². The molecule has 310 valence electrons. The lowest BCUT2D eigenvalue weighted by atomic mass is 9.83. The van der Waals surface area contributed by atoms with Gasteiger partial charge in [-0.05, 0) is 57.4 Å². The minimum Gasteiger partial charge on any atom is -0.465 e. The van der Waals surface area contributed by atoms with Gasteiger partial charge >= 0.3 is 6.09 Å². The zero-order valence-electron chi connectivity index (χ0n) is 33.5. The number of unbranched alkanes of at least 4 members (excludes halogenated alkanes) is 3. The Balaban J connectivity index is 2.61. The summed E-state index contributed by atoms with van der Waals surface area (Å²) in [5.74, 6) is -3.67. The Morgan fingerprint density at radius 3 is 2.22 bits per heavy atom. The van der Waals surface area contributed by atoms with Crippen molar-refractivity contribution in [2.24, 2.45) is 23.5 Å². The summed E-state index contributed by atoms with van der Waals surface area (Å²) >= 11 is 0. The smallest absolute Gasteiger partial charge is 0.404 e. The fraction of sp³-hybridized carbons (Fsp3) is 0.842. The summed E-state index contributed by atoms with van der Waals surface area (Å²) in [4.78, 5) is 83.0. The van der Waals surface area contributed by atoms with Gasteiger partial charge in [-0.2, -0.15) is 0 Å². The third-order valence-electron chi connectivity index (χ3n) is 10.3. The van der Waals surface area contributed by atoms with Gasteiger partial charge in [-0.1, -0.05) is 72.6 Å². The van der Waals surface area contributed by atoms with Gasteiger partial charge in [0.1, 0.15) is 24.2 Å². The fourth-order valence-electron chi connectivity index (χ4n) is 7.04. The van der Waals surface area contributed by atoms with E-state index in [1.54, 1.807) is 20.9 Å². The van der Waals surface area contributed by atoms with Crippen LogP contribution in [0, 0.1) is 17.8 Å². The molecule has 0 aromatic carbocycles. The molecule has 8 N–H and O–H groups in total. The molecule has 0 bridgehead atoms. The summed E-state index contributed by atoms with van der Waals surface area (Å²) in [5.41, 5.74) is 5.60. The molecule has 6 amide bonds. The van der Waals surface area contributed by atoms with Crippen LogP contribution in [0.5, 0.6) is 0 Å². The summed E-state index contributed by atoms with van der Waals surface area (Å²) in [6.45, 7) is 9.52. The second-order valence-electron chi connectivity index (χ2n) is 15.4. The predicted octanol–water partition coefficient (Wildman–Crippen LogP) is 2.04. The van der Waals surface area contributed by atoms with E-state index in [1.807, 2.05) is 13.8 Å². The highest BCUT2D eigenvalue weighted by atomic mass is 16.5. The van der Waals surface area contributed by atoms with Crippen molar-refractivity contribution >= 4 is 35.6 Å². The van der Waals surface area contributed by atoms with E-state index < -0.39 is 78.5 Å². The Morgan fingerprint density at radius 1 is 0.926 bits per heavy atom. The van der Waals surface area contributed by atoms with Gasteiger partial charge in [0.15, 0.2) is 0 Å². The molecule has 0 spiro atoms. The zero-order chi connectivity index (χ0) is 40.2. The number of likely N-dealkylation sites (N-methyl/N-ethyl adjacent to an activating group) is 1. The quantitative estimate of drug-likeness (QED) is 0.120. The van der Waals surface area contributed by atoms with Crippen LogP contribution in [0.15, 0.2) is 0 Å². The van der Waals surface area contributed by atoms with Crippen molar-refractivity contribution in [1.82, 2.24) is 31.5 Å². The number of ether oxygens (including phenoxy) is 2. The van der Waals surface area contributed by atoms with Crippen molar-refractivity contribution in [3.8, 4) is 0 Å². The maximum atomic E-state index is 14.3. The molecule has 54 heavy (non-hydrogen) atoms. The Labute approximate surface area is 321 Å². The van der Waals surface area contributed by atoms with Gasteiger partial charge < -0.3 is 51.8 Å². The molecule has 1 saturated carbocycles. The van der Waals surface area contributed by atoms with Crippen molar-refractivity contribution in [2.45, 2.75) is 148 Å². The molecular formula is C38H69N7O9. The summed E-state index contributed by atoms with van der Waals surface area (Å²) in [6, 6.07) is -5.16. The van der Waals surface area contributed by atoms with E-state index in [-0.39, 0.29) is 37.6 Å². The first-order chi connectivity index (χ1) is 25.7. The van der Waals surface area contributed by atoms with Crippen LogP contribution in [0.1, 0.15) is 112 Å². The van der Waals surface area contributed by atoms with E-state index in [2.05, 4.69) is 33.5 Å². The zero-order valence-corrected chi connectivity index (χ0v) is 33.5. The Hall–Kier alpha value is -3.50. The monoisotopic (exact) mass is 768 g/mol. The molecule has 0 radical (unpaired) electrons. The van der Waals surface area contributed by atoms with Gasteiger partial charge in [-0.25, -0.2) is 4.79 Å². The van der Waals surface area contributed by atoms with Gasteiger partial charge in [0.05, 0.1) is 31.8 Å². The van der Waals surface area contributed by atoms with E-state index in [0.29, 0.717) is 38.6 Å². The molecule has 1 saturated heterocycles. The van der Waals surface area contributed by atoms with Crippen molar-refractivity contribution < 1.29 is 43.3 Å². The van der Waals surface area contributed by atoms with E-state index in [9.17, 15) is 33.9 Å². The van der Waals surface area contributed by atoms with E-state index in [0.717, 1.165) is 44.9 Å². The maximum absolute atomic E-state index is 14.3. The lowest BCUT2D eigenvalue weighted by Gasteiger charge is -2.36. The van der Waals surface area contributed by atoms with Gasteiger partial charge in [-0.3, -0.25) is 24.0 Å². The van der Waals surface area contributed by atoms with Gasteiger partial charge in [0.25, 0.3) is 0 Å². The Morgan fingerprint density at radius 2 is 1.59 bits per heavy atom. The molecule has 2 rings (SSSR count). The van der Waals surface area contributed by atoms with Crippen LogP contribution >= 0.6 is 0 Å². The number of nitrogens with zero attached hydrogens (tertiary/aromatic N) is 1. The van der Waals surface area contributed by atoms with Crippen LogP contribution < -0.4 is 32.3 Å². The topological polar surface area (TPSA) is 231 Å². The van der Waals surface area contributed by atoms with Crippen LogP contribution in [0.2, 0.25) is 0 Å². The highest BCUT2D eigenvalue weighted by Gasteiger charge is 2.39. The fourth-order valence-corrected chi connectivity index (χ4v) is 7.04. The molecule has 2 aliphatic rings. The molecule has 2 fully saturated rings. The van der Waals surface area contributed by atoms with Crippen molar-refractivity contribution in [3.05, 3.63) is 0 Å². The van der Waals surface area contributed by atoms with E-state index >= 15 is 0 Å². The molecular weight excluding hydrogens is 698 g/mol. The number of hydrogen-bond donors (Lipinski definition) is 7. The number of amides is 6. The lowest BCUT2D eigenvalue weighted by molar-refractivity contribution is -0.147. The number of rotatable bonds is 15. The predicted molar refractivity (Wildman–Crippen MR) is 204 cm³/mol. The van der Waals surface area contributed by atoms with Gasteiger partial charge in [0.2, 0.25) is 29.5 Å². The van der Waals surface area contributed by atoms with Gasteiger partial charge in [-0.15, -0.1) is 0 Å². The number of nitrogens with two attached hydrogens (primary N) is 1. The standard InChI is InChI=1S/C38H69N7O9/c1-7-8-9-13-17-31-26(5)37(50)45(6)30(20-24(2)3)35(48)44-32(27-15-11-10-12-16-27)36(49)42-28(21-40-38(51)52)33(46)43-29(23-53-19-14-18-39)34(47)41-25(4)22-54-31/h24-32,40H,7-23,39H2,1-6H3,(H,41,47)(H,42,49)(H,43,46)(H,44,48)(H,51,52)/t25-,26-,28+,29+,30+,31-,32+/m1/s1. The molecule has 0 aromatic heterocycles. The second kappa shape index (κ2) is 24.8. The molecule has 16 heteroatoms. The Kier molecular flexibility index (Phi) is 21.4. The van der Waals surface area contributed by atoms with Crippen LogP contribution in [-0.2, 0) is 33.4 Å². The van der Waals surface area contributed by atoms with Crippen molar-refractivity contribution in [1.29, 1.82) is 0 Å². The van der Waals surface area contributed by atoms with Crippen LogP contribution in [-0.4, -0.2) is 122 Å². The average Bonchev–Trinajstić information content (AvgIpc) is 3.14. The first-order valence-corrected chi connectivity index (χ1v) is 20.0. The number of carboxylic acid groups (broad SMARTS) is 1. The third-order valence-corrected chi connectivity index (χ3v) is 10.3. The summed E-state index contributed by atoms with van der Waals surface area (Å²) in [7, 11) is 1.61. The minimum atomic E-state index is -1.44. The van der Waals surface area contributed by atoms with Gasteiger partial charge in [0, 0.05) is 19.7 Å². The number of hydrogen-bond acceptors (Lipinski definition) is 9. The molecule has 7 atom stereocenters. The molecule has 1 aliphatic carbocycles. The third kappa shape index (κ3) is 16.1. The molecule has 1 heterocycles. The van der Waals surface area contributed by atoms with E-state index in [1.165, 1.54) is 4.90 Å². The number of carbonyl (C=O) groups excluding carboxylic acids is 5.